The van der Waals surface area contributed by atoms with Crippen LogP contribution < -0.4 is 23.7 Å². The standard InChI is InChI=1S/C47H52N4O9S/c1-8-15-50-16-14-29-28-12-10-11-13-30(28)48-45(29)47(50)22-61-44-36-35(43-41(58-23-59-43)25(4)40(36)60-26(5)52)32(20-56-21-33(47)53)51-38(44)37-34-27(19-31(46(51)54)49(37)6)18-24(3)39(55-7)42(34)57-17-9-2/h8-13,18,31-32,37-38,44,46,48,54H,1-2,14-17,19-23H2,3-7H3/t31-,32+,37+,38?,44+,46-,47-/m0/s1. The predicted molar refractivity (Wildman–Crippen MR) is 231 cm³/mol. The van der Waals surface area contributed by atoms with Gasteiger partial charge in [0.1, 0.15) is 30.7 Å². The number of aromatic nitrogens is 1. The van der Waals surface area contributed by atoms with Gasteiger partial charge >= 0.3 is 5.97 Å². The molecule has 61 heavy (non-hydrogen) atoms. The number of aryl methyl sites for hydroxylation is 1. The molecule has 2 saturated heterocycles. The number of methoxy groups -OCH3 is 1. The van der Waals surface area contributed by atoms with E-state index in [0.717, 1.165) is 56.4 Å². The van der Waals surface area contributed by atoms with E-state index in [0.29, 0.717) is 59.6 Å². The van der Waals surface area contributed by atoms with Crippen LogP contribution in [0.3, 0.4) is 0 Å². The Hall–Kier alpha value is -4.83. The molecule has 13 nitrogen and oxygen atoms in total. The van der Waals surface area contributed by atoms with E-state index in [4.69, 9.17) is 28.4 Å². The van der Waals surface area contributed by atoms with E-state index >= 15 is 4.79 Å². The van der Waals surface area contributed by atoms with Gasteiger partial charge in [0.05, 0.1) is 37.1 Å². The van der Waals surface area contributed by atoms with Crippen LogP contribution in [0.25, 0.3) is 10.9 Å². The summed E-state index contributed by atoms with van der Waals surface area (Å²) in [5.74, 6) is 2.45. The molecule has 1 spiro atoms. The van der Waals surface area contributed by atoms with E-state index in [-0.39, 0.29) is 44.5 Å². The van der Waals surface area contributed by atoms with Gasteiger partial charge in [0.15, 0.2) is 28.8 Å². The van der Waals surface area contributed by atoms with Crippen LogP contribution in [0, 0.1) is 13.8 Å². The van der Waals surface area contributed by atoms with Crippen molar-refractivity contribution in [2.45, 2.75) is 74.8 Å². The van der Waals surface area contributed by atoms with Crippen molar-refractivity contribution < 1.29 is 43.1 Å². The number of ketones is 1. The summed E-state index contributed by atoms with van der Waals surface area (Å²) in [5, 5.41) is 13.5. The second-order valence-electron chi connectivity index (χ2n) is 17.0. The number of H-pyrrole nitrogens is 1. The Morgan fingerprint density at radius 2 is 1.90 bits per heavy atom. The lowest BCUT2D eigenvalue weighted by atomic mass is 9.73. The third kappa shape index (κ3) is 5.79. The molecule has 320 valence electrons. The minimum absolute atomic E-state index is 0.0186. The maximum atomic E-state index is 15.4. The molecule has 2 fully saturated rings. The average Bonchev–Trinajstić information content (AvgIpc) is 3.88. The highest BCUT2D eigenvalue weighted by atomic mass is 32.2. The SMILES string of the molecule is C=CCOc1c(OC)c(C)cc2c1[C@@H]1C3[C@@H]4SC[C@]5(C(=O)COC[C@H](c6c7c(c(C)c(OC(C)=O)c64)OCO7)N3[C@@H](O)[C@H](C2)N1C)c1[nH]c2ccccc2c1CCN5CC=C. The van der Waals surface area contributed by atoms with Crippen LogP contribution in [0.15, 0.2) is 55.6 Å². The molecule has 8 heterocycles. The number of Topliss-reactive ketones (excluding diaryl/α,β-unsaturated/α-hetero) is 1. The lowest BCUT2D eigenvalue weighted by molar-refractivity contribution is -0.181. The fourth-order valence-electron chi connectivity index (χ4n) is 11.5. The van der Waals surface area contributed by atoms with Crippen molar-refractivity contribution in [3.05, 3.63) is 100 Å². The molecular weight excluding hydrogens is 797 g/mol. The van der Waals surface area contributed by atoms with Gasteiger partial charge < -0.3 is 38.5 Å². The largest absolute Gasteiger partial charge is 0.493 e. The fraction of sp³-hybridized carbons (Fsp3) is 0.447. The smallest absolute Gasteiger partial charge is 0.308 e. The summed E-state index contributed by atoms with van der Waals surface area (Å²) in [4.78, 5) is 39.0. The van der Waals surface area contributed by atoms with Gasteiger partial charge in [0.25, 0.3) is 0 Å². The van der Waals surface area contributed by atoms with Gasteiger partial charge in [-0.1, -0.05) is 43.0 Å². The van der Waals surface area contributed by atoms with Crippen molar-refractivity contribution in [2.75, 3.05) is 59.6 Å². The molecule has 0 aliphatic carbocycles. The number of fused-ring (bicyclic) bond motifs is 12. The number of esters is 1. The molecule has 0 radical (unpaired) electrons. The maximum Gasteiger partial charge on any atom is 0.308 e. The molecule has 14 heteroatoms. The van der Waals surface area contributed by atoms with Gasteiger partial charge in [-0.2, -0.15) is 0 Å². The summed E-state index contributed by atoms with van der Waals surface area (Å²) in [7, 11) is 3.72. The first-order valence-electron chi connectivity index (χ1n) is 21.0. The van der Waals surface area contributed by atoms with E-state index in [1.54, 1.807) is 24.9 Å². The molecule has 7 aliphatic heterocycles. The topological polar surface area (TPSA) is 135 Å². The number of nitrogens with one attached hydrogen (secondary N) is 1. The van der Waals surface area contributed by atoms with Gasteiger partial charge in [0, 0.05) is 70.7 Å². The summed E-state index contributed by atoms with van der Waals surface area (Å²) in [6.07, 6.45) is 3.91. The first-order valence-corrected chi connectivity index (χ1v) is 22.0. The Morgan fingerprint density at radius 3 is 2.67 bits per heavy atom. The lowest BCUT2D eigenvalue weighted by Crippen LogP contribution is -2.69. The molecule has 0 amide bonds. The number of ether oxygens (including phenoxy) is 6. The van der Waals surface area contributed by atoms with Crippen molar-refractivity contribution in [1.82, 2.24) is 19.7 Å². The maximum absolute atomic E-state index is 15.4. The number of hydrogen-bond donors (Lipinski definition) is 2. The quantitative estimate of drug-likeness (QED) is 0.129. The first-order chi connectivity index (χ1) is 29.5. The van der Waals surface area contributed by atoms with Gasteiger partial charge in [-0.05, 0) is 56.5 Å². The highest BCUT2D eigenvalue weighted by Crippen LogP contribution is 2.64. The number of carbonyl (C=O) groups excluding carboxylic acids is 2. The molecule has 7 aliphatic rings. The number of aliphatic hydroxyl groups is 1. The van der Waals surface area contributed by atoms with Crippen LogP contribution >= 0.6 is 11.8 Å². The molecule has 2 N–H and O–H groups in total. The third-order valence-electron chi connectivity index (χ3n) is 13.9. The van der Waals surface area contributed by atoms with Gasteiger partial charge in [-0.15, -0.1) is 18.3 Å². The molecule has 11 rings (SSSR count). The van der Waals surface area contributed by atoms with Crippen LogP contribution in [-0.2, 0) is 32.7 Å². The van der Waals surface area contributed by atoms with Gasteiger partial charge in [-0.25, -0.2) is 0 Å². The van der Waals surface area contributed by atoms with Crippen LogP contribution in [-0.4, -0.2) is 114 Å². The number of piperazine rings is 1. The summed E-state index contributed by atoms with van der Waals surface area (Å²) >= 11 is 1.64. The average molecular weight is 849 g/mol. The Kier molecular flexibility index (Phi) is 10.0. The molecular formula is C47H52N4O9S. The molecule has 0 saturated carbocycles. The number of carbonyl (C=O) groups is 2. The predicted octanol–water partition coefficient (Wildman–Crippen LogP) is 5.98. The molecule has 1 aromatic heterocycles. The second kappa shape index (κ2) is 15.2. The van der Waals surface area contributed by atoms with Crippen molar-refractivity contribution in [1.29, 1.82) is 0 Å². The van der Waals surface area contributed by atoms with E-state index in [2.05, 4.69) is 58.1 Å². The van der Waals surface area contributed by atoms with E-state index in [1.165, 1.54) is 6.92 Å². The van der Waals surface area contributed by atoms with E-state index in [1.807, 2.05) is 32.1 Å². The van der Waals surface area contributed by atoms with Gasteiger partial charge in [-0.3, -0.25) is 24.3 Å². The minimum atomic E-state index is -1.16. The Balaban J connectivity index is 1.27. The van der Waals surface area contributed by atoms with Crippen molar-refractivity contribution >= 4 is 34.4 Å². The number of nitrogens with zero attached hydrogens (tertiary/aromatic N) is 3. The monoisotopic (exact) mass is 848 g/mol. The van der Waals surface area contributed by atoms with Crippen LogP contribution in [0.1, 0.15) is 68.9 Å². The summed E-state index contributed by atoms with van der Waals surface area (Å²) in [5.41, 5.74) is 6.90. The number of hydrogen-bond acceptors (Lipinski definition) is 13. The zero-order chi connectivity index (χ0) is 42.5. The van der Waals surface area contributed by atoms with Crippen LogP contribution in [0.4, 0.5) is 0 Å². The highest BCUT2D eigenvalue weighted by Gasteiger charge is 2.61. The van der Waals surface area contributed by atoms with Crippen LogP contribution in [0.2, 0.25) is 0 Å². The number of aromatic amines is 1. The highest BCUT2D eigenvalue weighted by molar-refractivity contribution is 7.99. The number of thioether (sulfide) groups is 1. The molecule has 7 atom stereocenters. The summed E-state index contributed by atoms with van der Waals surface area (Å²) < 4.78 is 38.2. The molecule has 3 aromatic carbocycles. The number of para-hydroxylation sites is 1. The third-order valence-corrected chi connectivity index (χ3v) is 15.4. The minimum Gasteiger partial charge on any atom is -0.493 e. The first kappa shape index (κ1) is 40.3. The van der Waals surface area contributed by atoms with Gasteiger partial charge in [0.2, 0.25) is 6.79 Å². The zero-order valence-corrected chi connectivity index (χ0v) is 36.1. The molecule has 4 bridgehead atoms. The Bertz CT molecular complexity index is 2500. The molecule has 4 aromatic rings. The summed E-state index contributed by atoms with van der Waals surface area (Å²) in [6.45, 7) is 14.6. The number of aliphatic hydroxyl groups excluding tert-OH is 1. The second-order valence-corrected chi connectivity index (χ2v) is 18.1. The van der Waals surface area contributed by atoms with Crippen molar-refractivity contribution in [3.63, 3.8) is 0 Å². The number of benzene rings is 3. The van der Waals surface area contributed by atoms with Crippen molar-refractivity contribution in [2.24, 2.45) is 0 Å². The van der Waals surface area contributed by atoms with Crippen molar-refractivity contribution in [3.8, 4) is 28.7 Å². The lowest BCUT2D eigenvalue weighted by Gasteiger charge is -2.62. The Labute approximate surface area is 359 Å². The summed E-state index contributed by atoms with van der Waals surface area (Å²) in [6, 6.07) is 8.56. The fourth-order valence-corrected chi connectivity index (χ4v) is 13.3. The van der Waals surface area contributed by atoms with Crippen LogP contribution in [0.5, 0.6) is 28.7 Å². The van der Waals surface area contributed by atoms with E-state index in [9.17, 15) is 9.90 Å². The Morgan fingerprint density at radius 1 is 1.10 bits per heavy atom. The zero-order valence-electron chi connectivity index (χ0n) is 35.2. The van der Waals surface area contributed by atoms with E-state index < -0.39 is 35.1 Å². The number of likely N-dealkylation sites (N-methyl/N-ethyl adjacent to an activating group) is 1. The number of rotatable bonds is 7. The molecule has 1 unspecified atom stereocenters. The normalized spacial score (nSPS) is 28.1.